The van der Waals surface area contributed by atoms with Crippen molar-refractivity contribution in [1.29, 1.82) is 0 Å². The van der Waals surface area contributed by atoms with Crippen molar-refractivity contribution in [1.82, 2.24) is 4.90 Å². The number of likely N-dealkylation sites (N-methyl/N-ethyl adjacent to an activating group) is 1. The molecule has 23 heavy (non-hydrogen) atoms. The summed E-state index contributed by atoms with van der Waals surface area (Å²) >= 11 is 0. The Morgan fingerprint density at radius 3 is 2.61 bits per heavy atom. The molecule has 0 bridgehead atoms. The highest BCUT2D eigenvalue weighted by molar-refractivity contribution is 5.93. The third kappa shape index (κ3) is 1.73. The molecule has 1 saturated heterocycles. The number of fused-ring (bicyclic) bond motifs is 1. The van der Waals surface area contributed by atoms with Crippen molar-refractivity contribution in [3.05, 3.63) is 35.4 Å². The minimum atomic E-state index is -0.124. The number of carbonyl (C=O) groups is 1. The number of ketones is 1. The lowest BCUT2D eigenvalue weighted by molar-refractivity contribution is -0.117. The van der Waals surface area contributed by atoms with E-state index in [-0.39, 0.29) is 16.7 Å². The van der Waals surface area contributed by atoms with Gasteiger partial charge in [0, 0.05) is 17.4 Å². The number of nitrogens with zero attached hydrogens (tertiary/aromatic N) is 1. The Kier molecular flexibility index (Phi) is 3.11. The smallest absolute Gasteiger partial charge is 0.161 e. The number of aryl methyl sites for hydroxylation is 1. The van der Waals surface area contributed by atoms with Gasteiger partial charge in [-0.2, -0.15) is 0 Å². The minimum absolute atomic E-state index is 0.0342. The van der Waals surface area contributed by atoms with Gasteiger partial charge >= 0.3 is 0 Å². The number of likely N-dealkylation sites (tertiary alicyclic amines) is 1. The fraction of sp³-hybridized carbons (Fsp3) is 0.526. The molecular weight excluding hydrogens is 290 g/mol. The SMILES string of the molecule is COc1cc2c(cc1OC)[C@@]13CCN(C)[C@@]1(C=CC(=O)C3)CC2. The first-order chi connectivity index (χ1) is 11.1. The molecule has 2 atom stereocenters. The molecule has 0 unspecified atom stereocenters. The molecule has 1 fully saturated rings. The Morgan fingerprint density at radius 1 is 1.13 bits per heavy atom. The largest absolute Gasteiger partial charge is 0.493 e. The zero-order valence-electron chi connectivity index (χ0n) is 14.0. The Morgan fingerprint density at radius 2 is 1.87 bits per heavy atom. The Balaban J connectivity index is 1.97. The summed E-state index contributed by atoms with van der Waals surface area (Å²) in [5.41, 5.74) is 2.42. The fourth-order valence-corrected chi connectivity index (χ4v) is 5.13. The molecule has 0 aromatic heterocycles. The van der Waals surface area contributed by atoms with Crippen LogP contribution in [0, 0.1) is 0 Å². The number of hydrogen-bond acceptors (Lipinski definition) is 4. The van der Waals surface area contributed by atoms with Crippen LogP contribution < -0.4 is 9.47 Å². The first-order valence-electron chi connectivity index (χ1n) is 8.25. The first-order valence-corrected chi connectivity index (χ1v) is 8.25. The average molecular weight is 313 g/mol. The maximum atomic E-state index is 12.3. The number of rotatable bonds is 2. The zero-order chi connectivity index (χ0) is 16.2. The van der Waals surface area contributed by atoms with Gasteiger partial charge in [0.25, 0.3) is 0 Å². The molecule has 1 aromatic rings. The Hall–Kier alpha value is -1.81. The molecule has 3 aliphatic rings. The van der Waals surface area contributed by atoms with Crippen LogP contribution in [-0.4, -0.2) is 44.0 Å². The van der Waals surface area contributed by atoms with Crippen LogP contribution in [0.4, 0.5) is 0 Å². The van der Waals surface area contributed by atoms with Gasteiger partial charge in [0.2, 0.25) is 0 Å². The fourth-order valence-electron chi connectivity index (χ4n) is 5.13. The number of benzene rings is 1. The average Bonchev–Trinajstić information content (AvgIpc) is 2.87. The van der Waals surface area contributed by atoms with E-state index in [1.54, 1.807) is 20.3 Å². The maximum absolute atomic E-state index is 12.3. The van der Waals surface area contributed by atoms with Crippen LogP contribution in [0.3, 0.4) is 0 Å². The maximum Gasteiger partial charge on any atom is 0.161 e. The van der Waals surface area contributed by atoms with Gasteiger partial charge in [0.05, 0.1) is 14.2 Å². The molecule has 4 rings (SSSR count). The summed E-state index contributed by atoms with van der Waals surface area (Å²) in [6.45, 7) is 1.02. The molecule has 1 heterocycles. The third-order valence-corrected chi connectivity index (χ3v) is 6.31. The molecule has 1 aromatic carbocycles. The van der Waals surface area contributed by atoms with E-state index < -0.39 is 0 Å². The van der Waals surface area contributed by atoms with Crippen LogP contribution >= 0.6 is 0 Å². The summed E-state index contributed by atoms with van der Waals surface area (Å²) in [4.78, 5) is 14.7. The number of carbonyl (C=O) groups excluding carboxylic acids is 1. The standard InChI is InChI=1S/C19H23NO3/c1-20-9-8-18-12-14(21)5-7-19(18,20)6-4-13-10-16(22-2)17(23-3)11-15(13)18/h5,7,10-11H,4,6,8-9,12H2,1-3H3/t18-,19+/m0/s1. The molecule has 0 saturated carbocycles. The van der Waals surface area contributed by atoms with Crippen molar-refractivity contribution in [2.75, 3.05) is 27.8 Å². The second kappa shape index (κ2) is 4.84. The van der Waals surface area contributed by atoms with Crippen molar-refractivity contribution >= 4 is 5.78 Å². The van der Waals surface area contributed by atoms with Crippen molar-refractivity contribution in [3.63, 3.8) is 0 Å². The van der Waals surface area contributed by atoms with E-state index >= 15 is 0 Å². The third-order valence-electron chi connectivity index (χ3n) is 6.31. The van der Waals surface area contributed by atoms with E-state index in [9.17, 15) is 4.79 Å². The van der Waals surface area contributed by atoms with E-state index in [0.717, 1.165) is 37.3 Å². The lowest BCUT2D eigenvalue weighted by Gasteiger charge is -2.53. The van der Waals surface area contributed by atoms with Gasteiger partial charge in [-0.25, -0.2) is 0 Å². The number of hydrogen-bond donors (Lipinski definition) is 0. The van der Waals surface area contributed by atoms with Gasteiger partial charge in [-0.1, -0.05) is 6.08 Å². The molecule has 4 nitrogen and oxygen atoms in total. The second-order valence-corrected chi connectivity index (χ2v) is 7.02. The van der Waals surface area contributed by atoms with E-state index in [0.29, 0.717) is 6.42 Å². The lowest BCUT2D eigenvalue weighted by atomic mass is 9.55. The normalized spacial score (nSPS) is 32.2. The molecule has 0 N–H and O–H groups in total. The monoisotopic (exact) mass is 313 g/mol. The van der Waals surface area contributed by atoms with Crippen LogP contribution in [0.5, 0.6) is 11.5 Å². The van der Waals surface area contributed by atoms with E-state index in [1.165, 1.54) is 11.1 Å². The molecule has 4 heteroatoms. The summed E-state index contributed by atoms with van der Waals surface area (Å²) in [5.74, 6) is 1.77. The molecule has 0 radical (unpaired) electrons. The topological polar surface area (TPSA) is 38.8 Å². The van der Waals surface area contributed by atoms with Crippen molar-refractivity contribution < 1.29 is 14.3 Å². The van der Waals surface area contributed by atoms with Gasteiger partial charge in [-0.3, -0.25) is 9.69 Å². The van der Waals surface area contributed by atoms with E-state index in [2.05, 4.69) is 30.2 Å². The van der Waals surface area contributed by atoms with Crippen LogP contribution in [0.2, 0.25) is 0 Å². The van der Waals surface area contributed by atoms with Crippen molar-refractivity contribution in [2.24, 2.45) is 0 Å². The molecule has 1 aliphatic heterocycles. The Labute approximate surface area is 137 Å². The van der Waals surface area contributed by atoms with Gasteiger partial charge < -0.3 is 9.47 Å². The predicted molar refractivity (Wildman–Crippen MR) is 88.3 cm³/mol. The summed E-state index contributed by atoms with van der Waals surface area (Å²) in [7, 11) is 5.53. The number of methoxy groups -OCH3 is 2. The van der Waals surface area contributed by atoms with Crippen LogP contribution in [0.15, 0.2) is 24.3 Å². The van der Waals surface area contributed by atoms with Crippen LogP contribution in [0.1, 0.15) is 30.4 Å². The molecular formula is C19H23NO3. The van der Waals surface area contributed by atoms with Gasteiger partial charge in [-0.15, -0.1) is 0 Å². The second-order valence-electron chi connectivity index (χ2n) is 7.02. The minimum Gasteiger partial charge on any atom is -0.493 e. The summed E-state index contributed by atoms with van der Waals surface area (Å²) in [6.07, 6.45) is 7.63. The van der Waals surface area contributed by atoms with E-state index in [1.807, 2.05) is 0 Å². The van der Waals surface area contributed by atoms with Crippen LogP contribution in [0.25, 0.3) is 0 Å². The molecule has 122 valence electrons. The lowest BCUT2D eigenvalue weighted by Crippen LogP contribution is -2.58. The van der Waals surface area contributed by atoms with Crippen molar-refractivity contribution in [2.45, 2.75) is 36.6 Å². The molecule has 0 spiro atoms. The zero-order valence-corrected chi connectivity index (χ0v) is 14.0. The molecule has 2 aliphatic carbocycles. The first kappa shape index (κ1) is 14.8. The summed E-state index contributed by atoms with van der Waals surface area (Å²) in [5, 5.41) is 0. The molecule has 0 amide bonds. The number of ether oxygens (including phenoxy) is 2. The van der Waals surface area contributed by atoms with Gasteiger partial charge in [-0.05, 0) is 62.2 Å². The van der Waals surface area contributed by atoms with Crippen molar-refractivity contribution in [3.8, 4) is 11.5 Å². The highest BCUT2D eigenvalue weighted by Crippen LogP contribution is 2.58. The van der Waals surface area contributed by atoms with Crippen LogP contribution in [-0.2, 0) is 16.6 Å². The highest BCUT2D eigenvalue weighted by Gasteiger charge is 2.61. The summed E-state index contributed by atoms with van der Waals surface area (Å²) < 4.78 is 11.0. The van der Waals surface area contributed by atoms with Gasteiger partial charge in [0.15, 0.2) is 17.3 Å². The highest BCUT2D eigenvalue weighted by atomic mass is 16.5. The Bertz CT molecular complexity index is 711. The predicted octanol–water partition coefficient (Wildman–Crippen LogP) is 2.49. The summed E-state index contributed by atoms with van der Waals surface area (Å²) in [6, 6.07) is 4.22. The van der Waals surface area contributed by atoms with E-state index in [4.69, 9.17) is 9.47 Å². The number of allylic oxidation sites excluding steroid dienone is 1. The van der Waals surface area contributed by atoms with Gasteiger partial charge in [0.1, 0.15) is 0 Å². The quantitative estimate of drug-likeness (QED) is 0.841.